The third-order valence-corrected chi connectivity index (χ3v) is 1.94. The van der Waals surface area contributed by atoms with Gasteiger partial charge >= 0.3 is 0 Å². The molecule has 10 heavy (non-hydrogen) atoms. The molecule has 0 aliphatic heterocycles. The van der Waals surface area contributed by atoms with Crippen molar-refractivity contribution in [2.45, 2.75) is 6.92 Å². The number of hydrogen-bond acceptors (Lipinski definition) is 4. The molecule has 0 heterocycles. The second kappa shape index (κ2) is 4.24. The molecule has 60 valence electrons. The molecule has 0 aliphatic carbocycles. The molecule has 1 N–H and O–H groups in total. The van der Waals surface area contributed by atoms with E-state index in [1.165, 1.54) is 6.92 Å². The van der Waals surface area contributed by atoms with Crippen LogP contribution in [0.25, 0.3) is 0 Å². The third-order valence-electron chi connectivity index (χ3n) is 0.759. The zero-order valence-corrected chi connectivity index (χ0v) is 6.35. The maximum absolute atomic E-state index is 10.5. The minimum Gasteiger partial charge on any atom is -0.335 e. The highest BCUT2D eigenvalue weighted by Crippen LogP contribution is 1.88. The first-order valence-corrected chi connectivity index (χ1v) is 4.24. The fraction of sp³-hybridized carbons (Fsp3) is 0.750. The lowest BCUT2D eigenvalue weighted by Gasteiger charge is -1.99. The van der Waals surface area contributed by atoms with E-state index in [9.17, 15) is 13.2 Å². The Morgan fingerprint density at radius 1 is 1.60 bits per heavy atom. The third kappa shape index (κ3) is 4.28. The van der Waals surface area contributed by atoms with E-state index < -0.39 is 10.1 Å². The van der Waals surface area contributed by atoms with E-state index in [2.05, 4.69) is 9.50 Å². The van der Waals surface area contributed by atoms with E-state index in [1.54, 1.807) is 0 Å². The summed E-state index contributed by atoms with van der Waals surface area (Å²) in [6.07, 6.45) is 0.366. The highest BCUT2D eigenvalue weighted by atomic mass is 32.2. The average molecular weight is 167 g/mol. The van der Waals surface area contributed by atoms with Gasteiger partial charge in [0.15, 0.2) is 0 Å². The summed E-state index contributed by atoms with van der Waals surface area (Å²) in [6, 6.07) is 0. The van der Waals surface area contributed by atoms with Crippen LogP contribution in [0.2, 0.25) is 0 Å². The summed E-state index contributed by atoms with van der Waals surface area (Å²) in [5.74, 6) is -0.0897. The van der Waals surface area contributed by atoms with Gasteiger partial charge in [-0.15, -0.1) is 0 Å². The maximum Gasteiger partial charge on any atom is 0.268 e. The summed E-state index contributed by atoms with van der Waals surface area (Å²) in [5.41, 5.74) is 0. The minimum atomic E-state index is -3.41. The van der Waals surface area contributed by atoms with Gasteiger partial charge in [-0.2, -0.15) is 8.42 Å². The van der Waals surface area contributed by atoms with E-state index in [1.807, 2.05) is 0 Å². The van der Waals surface area contributed by atoms with Gasteiger partial charge < -0.3 is 5.32 Å². The largest absolute Gasteiger partial charge is 0.335 e. The molecule has 0 fully saturated rings. The van der Waals surface area contributed by atoms with Crippen molar-refractivity contribution >= 4 is 16.5 Å². The van der Waals surface area contributed by atoms with Gasteiger partial charge in [0.25, 0.3) is 10.1 Å². The van der Waals surface area contributed by atoms with Crippen molar-refractivity contribution in [1.82, 2.24) is 5.32 Å². The Morgan fingerprint density at radius 2 is 2.20 bits per heavy atom. The topological polar surface area (TPSA) is 72.5 Å². The van der Waals surface area contributed by atoms with Gasteiger partial charge in [-0.25, -0.2) is 4.18 Å². The second-order valence-electron chi connectivity index (χ2n) is 1.43. The van der Waals surface area contributed by atoms with Gasteiger partial charge in [0.1, 0.15) is 6.73 Å². The predicted molar refractivity (Wildman–Crippen MR) is 34.6 cm³/mol. The molecule has 0 rings (SSSR count). The van der Waals surface area contributed by atoms with Crippen molar-refractivity contribution < 1.29 is 17.4 Å². The first-order chi connectivity index (χ1) is 4.62. The lowest BCUT2D eigenvalue weighted by atomic mass is 11.0. The van der Waals surface area contributed by atoms with Gasteiger partial charge in [0.05, 0.1) is 5.75 Å². The average Bonchev–Trinajstić information content (AvgIpc) is 1.89. The molecule has 0 saturated heterocycles. The van der Waals surface area contributed by atoms with E-state index in [-0.39, 0.29) is 12.5 Å². The quantitative estimate of drug-likeness (QED) is 0.248. The number of nitrogens with one attached hydrogen (secondary N) is 1. The fourth-order valence-corrected chi connectivity index (χ4v) is 0.655. The van der Waals surface area contributed by atoms with E-state index in [0.717, 1.165) is 0 Å². The molecular formula is C4H9NO4S. The van der Waals surface area contributed by atoms with Crippen LogP contribution in [0, 0.1) is 0 Å². The summed E-state index contributed by atoms with van der Waals surface area (Å²) in [5, 5.41) is 2.06. The smallest absolute Gasteiger partial charge is 0.268 e. The van der Waals surface area contributed by atoms with Crippen LogP contribution in [0.5, 0.6) is 0 Å². The summed E-state index contributed by atoms with van der Waals surface area (Å²) in [4.78, 5) is 9.59. The van der Waals surface area contributed by atoms with Crippen molar-refractivity contribution in [2.24, 2.45) is 0 Å². The first kappa shape index (κ1) is 9.38. The van der Waals surface area contributed by atoms with Crippen LogP contribution in [0.3, 0.4) is 0 Å². The molecule has 1 amide bonds. The Morgan fingerprint density at radius 3 is 2.60 bits per heavy atom. The zero-order valence-electron chi connectivity index (χ0n) is 5.53. The summed E-state index contributed by atoms with van der Waals surface area (Å²) < 4.78 is 25.2. The van der Waals surface area contributed by atoms with Gasteiger partial charge in [0.2, 0.25) is 6.41 Å². The fourth-order valence-electron chi connectivity index (χ4n) is 0.241. The molecule has 0 radical (unpaired) electrons. The van der Waals surface area contributed by atoms with Crippen LogP contribution in [-0.4, -0.2) is 27.3 Å². The minimum absolute atomic E-state index is 0.0897. The molecule has 0 bridgehead atoms. The molecule has 6 heteroatoms. The lowest BCUT2D eigenvalue weighted by molar-refractivity contribution is -0.110. The number of carbonyl (C=O) groups is 1. The van der Waals surface area contributed by atoms with Crippen molar-refractivity contribution in [3.8, 4) is 0 Å². The van der Waals surface area contributed by atoms with E-state index >= 15 is 0 Å². The Kier molecular flexibility index (Phi) is 3.97. The van der Waals surface area contributed by atoms with Crippen LogP contribution in [0.15, 0.2) is 0 Å². The standard InChI is InChI=1S/C4H9NO4S/c1-2-10(7,8)9-4-5-3-6/h3H,2,4H2,1H3,(H,5,6). The second-order valence-corrected chi connectivity index (χ2v) is 3.36. The Balaban J connectivity index is 3.58. The van der Waals surface area contributed by atoms with Gasteiger partial charge in [-0.1, -0.05) is 0 Å². The molecule has 0 aromatic carbocycles. The Labute approximate surface area is 59.5 Å². The van der Waals surface area contributed by atoms with Gasteiger partial charge in [-0.3, -0.25) is 4.79 Å². The van der Waals surface area contributed by atoms with Crippen molar-refractivity contribution in [2.75, 3.05) is 12.5 Å². The molecule has 0 spiro atoms. The summed E-state index contributed by atoms with van der Waals surface area (Å²) in [6.45, 7) is 1.16. The normalized spacial score (nSPS) is 10.9. The monoisotopic (exact) mass is 167 g/mol. The molecule has 0 unspecified atom stereocenters. The molecule has 0 saturated carbocycles. The molecule has 0 aromatic heterocycles. The molecule has 0 atom stereocenters. The molecular weight excluding hydrogens is 158 g/mol. The van der Waals surface area contributed by atoms with Crippen LogP contribution in [0.4, 0.5) is 0 Å². The first-order valence-electron chi connectivity index (χ1n) is 2.66. The van der Waals surface area contributed by atoms with Crippen LogP contribution < -0.4 is 5.32 Å². The molecule has 0 aliphatic rings. The van der Waals surface area contributed by atoms with Crippen LogP contribution >= 0.6 is 0 Å². The number of carbonyl (C=O) groups excluding carboxylic acids is 1. The highest BCUT2D eigenvalue weighted by Gasteiger charge is 2.04. The Hall–Kier alpha value is -0.620. The van der Waals surface area contributed by atoms with Crippen molar-refractivity contribution in [3.05, 3.63) is 0 Å². The van der Waals surface area contributed by atoms with Gasteiger partial charge in [0, 0.05) is 0 Å². The summed E-state index contributed by atoms with van der Waals surface area (Å²) >= 11 is 0. The lowest BCUT2D eigenvalue weighted by Crippen LogP contribution is -2.20. The number of amides is 1. The molecule has 0 aromatic rings. The van der Waals surface area contributed by atoms with Crippen molar-refractivity contribution in [3.63, 3.8) is 0 Å². The SMILES string of the molecule is CCS(=O)(=O)OCNC=O. The number of rotatable bonds is 5. The number of hydrogen-bond donors (Lipinski definition) is 1. The summed E-state index contributed by atoms with van der Waals surface area (Å²) in [7, 11) is -3.41. The van der Waals surface area contributed by atoms with E-state index in [4.69, 9.17) is 0 Å². The Bertz CT molecular complexity index is 185. The zero-order chi connectivity index (χ0) is 8.04. The van der Waals surface area contributed by atoms with Crippen LogP contribution in [-0.2, 0) is 19.1 Å². The van der Waals surface area contributed by atoms with Crippen LogP contribution in [0.1, 0.15) is 6.92 Å². The predicted octanol–water partition coefficient (Wildman–Crippen LogP) is -0.944. The van der Waals surface area contributed by atoms with E-state index in [0.29, 0.717) is 6.41 Å². The maximum atomic E-state index is 10.5. The highest BCUT2D eigenvalue weighted by molar-refractivity contribution is 7.86. The van der Waals surface area contributed by atoms with Crippen molar-refractivity contribution in [1.29, 1.82) is 0 Å². The molecule has 5 nitrogen and oxygen atoms in total. The van der Waals surface area contributed by atoms with Gasteiger partial charge in [-0.05, 0) is 6.92 Å².